The summed E-state index contributed by atoms with van der Waals surface area (Å²) in [5, 5.41) is 0. The summed E-state index contributed by atoms with van der Waals surface area (Å²) in [7, 11) is 0. The maximum Gasteiger partial charge on any atom is 0.303 e. The Bertz CT molecular complexity index is 207. The Labute approximate surface area is 93.0 Å². The third kappa shape index (κ3) is 9.26. The lowest BCUT2D eigenvalue weighted by molar-refractivity contribution is -0.143. The first-order valence-corrected chi connectivity index (χ1v) is 5.65. The van der Waals surface area contributed by atoms with E-state index in [4.69, 9.17) is 4.74 Å². The molecular weight excluding hydrogens is 188 g/mol. The molecule has 15 heavy (non-hydrogen) atoms. The highest BCUT2D eigenvalue weighted by molar-refractivity contribution is 5.66. The van der Waals surface area contributed by atoms with E-state index in [0.29, 0.717) is 0 Å². The van der Waals surface area contributed by atoms with Crippen LogP contribution in [0.3, 0.4) is 0 Å². The number of ether oxygens (including phenoxy) is 1. The molecule has 0 N–H and O–H groups in total. The minimum atomic E-state index is -0.251. The predicted octanol–water partition coefficient (Wildman–Crippen LogP) is 3.63. The van der Waals surface area contributed by atoms with Crippen LogP contribution in [0, 0.1) is 0 Å². The van der Waals surface area contributed by atoms with Gasteiger partial charge in [-0.1, -0.05) is 44.6 Å². The molecule has 86 valence electrons. The lowest BCUT2D eigenvalue weighted by Gasteiger charge is -2.09. The van der Waals surface area contributed by atoms with E-state index in [2.05, 4.69) is 25.7 Å². The summed E-state index contributed by atoms with van der Waals surface area (Å²) in [6.45, 7) is 7.24. The van der Waals surface area contributed by atoms with E-state index in [1.165, 1.54) is 26.2 Å². The zero-order valence-corrected chi connectivity index (χ0v) is 9.87. The fraction of sp³-hybridized carbons (Fsp3) is 0.615. The molecule has 0 aliphatic carbocycles. The molecule has 1 unspecified atom stereocenters. The molecule has 0 rings (SSSR count). The summed E-state index contributed by atoms with van der Waals surface area (Å²) in [5.74, 6) is -0.251. The Balaban J connectivity index is 3.60. The van der Waals surface area contributed by atoms with Crippen molar-refractivity contribution in [3.8, 4) is 0 Å². The molecule has 0 aliphatic heterocycles. The molecule has 0 aliphatic rings. The van der Waals surface area contributed by atoms with Crippen molar-refractivity contribution in [2.24, 2.45) is 0 Å². The normalized spacial score (nSPS) is 12.7. The van der Waals surface area contributed by atoms with Gasteiger partial charge < -0.3 is 4.74 Å². The smallest absolute Gasteiger partial charge is 0.303 e. The predicted molar refractivity (Wildman–Crippen MR) is 63.7 cm³/mol. The van der Waals surface area contributed by atoms with Crippen LogP contribution >= 0.6 is 0 Å². The Hall–Kier alpha value is -1.05. The number of hydrogen-bond donors (Lipinski definition) is 0. The van der Waals surface area contributed by atoms with Crippen LogP contribution in [0.15, 0.2) is 24.8 Å². The summed E-state index contributed by atoms with van der Waals surface area (Å²) >= 11 is 0. The van der Waals surface area contributed by atoms with E-state index in [1.54, 1.807) is 6.08 Å². The highest BCUT2D eigenvalue weighted by Gasteiger charge is 2.03. The minimum Gasteiger partial charge on any atom is -0.458 e. The fourth-order valence-electron chi connectivity index (χ4n) is 1.27. The third-order valence-corrected chi connectivity index (χ3v) is 2.09. The molecule has 0 aromatic rings. The van der Waals surface area contributed by atoms with Crippen LogP contribution in [0.1, 0.15) is 46.0 Å². The second kappa shape index (κ2) is 9.50. The van der Waals surface area contributed by atoms with Gasteiger partial charge in [0, 0.05) is 13.3 Å². The van der Waals surface area contributed by atoms with Crippen molar-refractivity contribution < 1.29 is 9.53 Å². The Kier molecular flexibility index (Phi) is 8.84. The molecule has 0 aromatic carbocycles. The van der Waals surface area contributed by atoms with Crippen LogP contribution in [-0.4, -0.2) is 12.1 Å². The topological polar surface area (TPSA) is 26.3 Å². The van der Waals surface area contributed by atoms with Crippen molar-refractivity contribution in [3.63, 3.8) is 0 Å². The number of unbranched alkanes of at least 4 members (excludes halogenated alkanes) is 3. The van der Waals surface area contributed by atoms with Gasteiger partial charge in [-0.2, -0.15) is 0 Å². The van der Waals surface area contributed by atoms with Crippen LogP contribution < -0.4 is 0 Å². The van der Waals surface area contributed by atoms with E-state index in [9.17, 15) is 4.79 Å². The first kappa shape index (κ1) is 13.9. The summed E-state index contributed by atoms with van der Waals surface area (Å²) < 4.78 is 5.02. The van der Waals surface area contributed by atoms with Gasteiger partial charge in [-0.05, 0) is 12.8 Å². The van der Waals surface area contributed by atoms with Gasteiger partial charge in [-0.15, -0.1) is 0 Å². The van der Waals surface area contributed by atoms with Crippen molar-refractivity contribution in [3.05, 3.63) is 24.8 Å². The largest absolute Gasteiger partial charge is 0.458 e. The molecule has 0 aromatic heterocycles. The van der Waals surface area contributed by atoms with E-state index in [0.717, 1.165) is 12.8 Å². The van der Waals surface area contributed by atoms with E-state index in [1.807, 2.05) is 0 Å². The molecule has 2 nitrogen and oxygen atoms in total. The van der Waals surface area contributed by atoms with Crippen molar-refractivity contribution in [1.82, 2.24) is 0 Å². The maximum absolute atomic E-state index is 10.7. The number of hydrogen-bond acceptors (Lipinski definition) is 2. The number of esters is 1. The SMILES string of the molecule is C=CC(CC=CCCCCC)OC(C)=O. The molecule has 0 bridgehead atoms. The minimum absolute atomic E-state index is 0.176. The molecule has 0 saturated heterocycles. The molecule has 1 atom stereocenters. The van der Waals surface area contributed by atoms with Gasteiger partial charge in [0.1, 0.15) is 6.10 Å². The molecule has 0 fully saturated rings. The number of rotatable bonds is 8. The van der Waals surface area contributed by atoms with Gasteiger partial charge in [0.15, 0.2) is 0 Å². The van der Waals surface area contributed by atoms with E-state index in [-0.39, 0.29) is 12.1 Å². The van der Waals surface area contributed by atoms with Crippen LogP contribution in [0.4, 0.5) is 0 Å². The number of allylic oxidation sites excluding steroid dienone is 1. The number of carbonyl (C=O) groups excluding carboxylic acids is 1. The quantitative estimate of drug-likeness (QED) is 0.347. The van der Waals surface area contributed by atoms with Gasteiger partial charge in [-0.25, -0.2) is 0 Å². The third-order valence-electron chi connectivity index (χ3n) is 2.09. The van der Waals surface area contributed by atoms with Crippen LogP contribution in [-0.2, 0) is 9.53 Å². The highest BCUT2D eigenvalue weighted by atomic mass is 16.5. The van der Waals surface area contributed by atoms with Crippen molar-refractivity contribution in [1.29, 1.82) is 0 Å². The molecule has 0 heterocycles. The molecule has 0 spiro atoms. The Morgan fingerprint density at radius 3 is 2.67 bits per heavy atom. The zero-order valence-electron chi connectivity index (χ0n) is 9.87. The highest BCUT2D eigenvalue weighted by Crippen LogP contribution is 2.04. The van der Waals surface area contributed by atoms with Gasteiger partial charge in [-0.3, -0.25) is 4.79 Å². The van der Waals surface area contributed by atoms with Crippen LogP contribution in [0.5, 0.6) is 0 Å². The van der Waals surface area contributed by atoms with Crippen LogP contribution in [0.2, 0.25) is 0 Å². The Morgan fingerprint density at radius 2 is 2.13 bits per heavy atom. The van der Waals surface area contributed by atoms with E-state index >= 15 is 0 Å². The second-order valence-electron chi connectivity index (χ2n) is 3.59. The molecule has 0 amide bonds. The molecule has 0 saturated carbocycles. The van der Waals surface area contributed by atoms with Gasteiger partial charge in [0.05, 0.1) is 0 Å². The van der Waals surface area contributed by atoms with Gasteiger partial charge >= 0.3 is 5.97 Å². The molecule has 0 radical (unpaired) electrons. The first-order chi connectivity index (χ1) is 7.20. The standard InChI is InChI=1S/C13H22O2/c1-4-6-7-8-9-10-11-13(5-2)15-12(3)14/h5,9-10,13H,2,4,6-8,11H2,1,3H3. The average Bonchev–Trinajstić information content (AvgIpc) is 2.20. The second-order valence-corrected chi connectivity index (χ2v) is 3.59. The monoisotopic (exact) mass is 210 g/mol. The molecular formula is C13H22O2. The first-order valence-electron chi connectivity index (χ1n) is 5.65. The molecule has 2 heteroatoms. The summed E-state index contributed by atoms with van der Waals surface area (Å²) in [5.41, 5.74) is 0. The van der Waals surface area contributed by atoms with Crippen molar-refractivity contribution in [2.45, 2.75) is 52.1 Å². The van der Waals surface area contributed by atoms with E-state index < -0.39 is 0 Å². The lowest BCUT2D eigenvalue weighted by atomic mass is 10.1. The summed E-state index contributed by atoms with van der Waals surface area (Å²) in [6.07, 6.45) is 11.3. The summed E-state index contributed by atoms with van der Waals surface area (Å²) in [6, 6.07) is 0. The average molecular weight is 210 g/mol. The van der Waals surface area contributed by atoms with Crippen LogP contribution in [0.25, 0.3) is 0 Å². The zero-order chi connectivity index (χ0) is 11.5. The van der Waals surface area contributed by atoms with Gasteiger partial charge in [0.25, 0.3) is 0 Å². The fourth-order valence-corrected chi connectivity index (χ4v) is 1.27. The number of carbonyl (C=O) groups is 1. The Morgan fingerprint density at radius 1 is 1.40 bits per heavy atom. The summed E-state index contributed by atoms with van der Waals surface area (Å²) in [4.78, 5) is 10.7. The van der Waals surface area contributed by atoms with Crippen molar-refractivity contribution in [2.75, 3.05) is 0 Å². The maximum atomic E-state index is 10.7. The van der Waals surface area contributed by atoms with Gasteiger partial charge in [0.2, 0.25) is 0 Å². The lowest BCUT2D eigenvalue weighted by Crippen LogP contribution is -2.12. The van der Waals surface area contributed by atoms with Crippen molar-refractivity contribution >= 4 is 5.97 Å².